The molecule has 7 nitrogen and oxygen atoms in total. The van der Waals surface area contributed by atoms with Gasteiger partial charge in [0.2, 0.25) is 5.95 Å². The highest BCUT2D eigenvalue weighted by Gasteiger charge is 2.26. The highest BCUT2D eigenvalue weighted by molar-refractivity contribution is 6.05. The Bertz CT molecular complexity index is 1270. The van der Waals surface area contributed by atoms with Crippen molar-refractivity contribution >= 4 is 22.8 Å². The van der Waals surface area contributed by atoms with E-state index in [0.29, 0.717) is 24.6 Å². The minimum Gasteiger partial charge on any atom is -0.368 e. The van der Waals surface area contributed by atoms with Crippen molar-refractivity contribution in [1.29, 1.82) is 0 Å². The van der Waals surface area contributed by atoms with Crippen molar-refractivity contribution in [2.75, 3.05) is 18.8 Å². The molecular formula is C25H24N6O. The van der Waals surface area contributed by atoms with Crippen LogP contribution < -0.4 is 5.73 Å². The zero-order valence-corrected chi connectivity index (χ0v) is 17.9. The van der Waals surface area contributed by atoms with Gasteiger partial charge in [0.15, 0.2) is 0 Å². The molecule has 0 unspecified atom stereocenters. The number of likely N-dealkylation sites (tertiary alicyclic amines) is 1. The van der Waals surface area contributed by atoms with Crippen LogP contribution in [0.15, 0.2) is 61.1 Å². The summed E-state index contributed by atoms with van der Waals surface area (Å²) in [5.41, 5.74) is 11.0. The number of nitrogen functional groups attached to an aromatic ring is 1. The second-order valence-corrected chi connectivity index (χ2v) is 8.20. The van der Waals surface area contributed by atoms with Crippen LogP contribution in [0, 0.1) is 6.92 Å². The number of anilines is 1. The maximum Gasteiger partial charge on any atom is 0.256 e. The zero-order chi connectivity index (χ0) is 22.1. The van der Waals surface area contributed by atoms with E-state index in [1.165, 1.54) is 0 Å². The maximum atomic E-state index is 13.2. The maximum absolute atomic E-state index is 13.2. The van der Waals surface area contributed by atoms with Crippen molar-refractivity contribution < 1.29 is 4.79 Å². The molecular weight excluding hydrogens is 400 g/mol. The number of benzene rings is 1. The quantitative estimate of drug-likeness (QED) is 0.534. The number of fused-ring (bicyclic) bond motifs is 1. The van der Waals surface area contributed by atoms with Gasteiger partial charge in [0.05, 0.1) is 11.1 Å². The Morgan fingerprint density at radius 3 is 2.53 bits per heavy atom. The molecule has 5 rings (SSSR count). The van der Waals surface area contributed by atoms with Crippen LogP contribution in [0.4, 0.5) is 5.95 Å². The first-order valence-corrected chi connectivity index (χ1v) is 10.8. The Labute approximate surface area is 186 Å². The van der Waals surface area contributed by atoms with Crippen molar-refractivity contribution in [3.63, 3.8) is 0 Å². The molecule has 2 N–H and O–H groups in total. The number of pyridine rings is 2. The number of aryl methyl sites for hydroxylation is 1. The summed E-state index contributed by atoms with van der Waals surface area (Å²) >= 11 is 0. The summed E-state index contributed by atoms with van der Waals surface area (Å²) in [7, 11) is 0. The molecule has 160 valence electrons. The van der Waals surface area contributed by atoms with E-state index in [1.54, 1.807) is 18.6 Å². The van der Waals surface area contributed by atoms with E-state index in [0.717, 1.165) is 46.3 Å². The van der Waals surface area contributed by atoms with E-state index >= 15 is 0 Å². The molecule has 1 saturated heterocycles. The van der Waals surface area contributed by atoms with Gasteiger partial charge in [-0.15, -0.1) is 0 Å². The molecule has 1 aliphatic heterocycles. The summed E-state index contributed by atoms with van der Waals surface area (Å²) in [6.45, 7) is 3.39. The molecule has 0 radical (unpaired) electrons. The first-order chi connectivity index (χ1) is 15.6. The highest BCUT2D eigenvalue weighted by Crippen LogP contribution is 2.31. The van der Waals surface area contributed by atoms with Crippen LogP contribution in [0.2, 0.25) is 0 Å². The molecule has 4 heterocycles. The molecule has 7 heteroatoms. The molecule has 32 heavy (non-hydrogen) atoms. The monoisotopic (exact) mass is 424 g/mol. The predicted octanol–water partition coefficient (Wildman–Crippen LogP) is 4.00. The number of piperidine rings is 1. The number of amides is 1. The molecule has 1 aliphatic rings. The van der Waals surface area contributed by atoms with E-state index in [-0.39, 0.29) is 11.9 Å². The Morgan fingerprint density at radius 1 is 1.00 bits per heavy atom. The van der Waals surface area contributed by atoms with Gasteiger partial charge in [0, 0.05) is 59.9 Å². The number of hydrogen-bond acceptors (Lipinski definition) is 6. The first-order valence-electron chi connectivity index (χ1n) is 10.8. The summed E-state index contributed by atoms with van der Waals surface area (Å²) < 4.78 is 0. The molecule has 0 bridgehead atoms. The van der Waals surface area contributed by atoms with Gasteiger partial charge in [-0.05, 0) is 49.6 Å². The third-order valence-corrected chi connectivity index (χ3v) is 6.04. The van der Waals surface area contributed by atoms with Gasteiger partial charge in [-0.3, -0.25) is 14.8 Å². The highest BCUT2D eigenvalue weighted by atomic mass is 16.2. The van der Waals surface area contributed by atoms with Crippen molar-refractivity contribution in [2.45, 2.75) is 25.7 Å². The average molecular weight is 425 g/mol. The largest absolute Gasteiger partial charge is 0.368 e. The van der Waals surface area contributed by atoms with Crippen LogP contribution in [0.3, 0.4) is 0 Å². The fourth-order valence-electron chi connectivity index (χ4n) is 4.38. The Hall–Kier alpha value is -3.87. The number of nitrogens with two attached hydrogens (primary N) is 1. The summed E-state index contributed by atoms with van der Waals surface area (Å²) in [5.74, 6) is 0.612. The second-order valence-electron chi connectivity index (χ2n) is 8.20. The zero-order valence-electron chi connectivity index (χ0n) is 17.9. The van der Waals surface area contributed by atoms with Crippen molar-refractivity contribution in [3.05, 3.63) is 78.0 Å². The molecule has 3 aromatic heterocycles. The standard InChI is InChI=1S/C25H24N6O/c1-16-12-19(20-14-28-25(26)29-15-20)13-22(30-16)17-7-10-31(11-8-17)24(32)21-6-2-4-18-5-3-9-27-23(18)21/h2-6,9,12-15,17H,7-8,10-11H2,1H3,(H2,26,28,29). The summed E-state index contributed by atoms with van der Waals surface area (Å²) in [4.78, 5) is 32.6. The van der Waals surface area contributed by atoms with Gasteiger partial charge in [0.1, 0.15) is 0 Å². The normalized spacial score (nSPS) is 14.6. The summed E-state index contributed by atoms with van der Waals surface area (Å²) in [6.07, 6.45) is 6.95. The summed E-state index contributed by atoms with van der Waals surface area (Å²) in [5, 5.41) is 0.983. The molecule has 0 aliphatic carbocycles. The minimum atomic E-state index is 0.0460. The lowest BCUT2D eigenvalue weighted by molar-refractivity contribution is 0.0714. The van der Waals surface area contributed by atoms with Gasteiger partial charge in [0.25, 0.3) is 5.91 Å². The molecule has 0 saturated carbocycles. The number of aromatic nitrogens is 4. The smallest absolute Gasteiger partial charge is 0.256 e. The van der Waals surface area contributed by atoms with Crippen molar-refractivity contribution in [1.82, 2.24) is 24.8 Å². The Morgan fingerprint density at radius 2 is 1.75 bits per heavy atom. The third kappa shape index (κ3) is 3.89. The third-order valence-electron chi connectivity index (χ3n) is 6.04. The first kappa shape index (κ1) is 20.1. The van der Waals surface area contributed by atoms with Crippen LogP contribution in [-0.4, -0.2) is 43.8 Å². The van der Waals surface area contributed by atoms with Crippen LogP contribution in [0.25, 0.3) is 22.0 Å². The van der Waals surface area contributed by atoms with E-state index in [1.807, 2.05) is 48.2 Å². The van der Waals surface area contributed by atoms with E-state index < -0.39 is 0 Å². The number of carbonyl (C=O) groups is 1. The van der Waals surface area contributed by atoms with Crippen LogP contribution in [0.1, 0.15) is 40.5 Å². The Balaban J connectivity index is 1.33. The van der Waals surface area contributed by atoms with E-state index in [9.17, 15) is 4.79 Å². The van der Waals surface area contributed by atoms with Gasteiger partial charge in [-0.25, -0.2) is 9.97 Å². The van der Waals surface area contributed by atoms with Crippen LogP contribution >= 0.6 is 0 Å². The fraction of sp³-hybridized carbons (Fsp3) is 0.240. The van der Waals surface area contributed by atoms with Gasteiger partial charge in [-0.2, -0.15) is 0 Å². The number of nitrogens with zero attached hydrogens (tertiary/aromatic N) is 5. The Kier molecular flexibility index (Phi) is 5.23. The average Bonchev–Trinajstić information content (AvgIpc) is 2.83. The molecule has 1 amide bonds. The molecule has 1 aromatic carbocycles. The molecule has 4 aromatic rings. The van der Waals surface area contributed by atoms with E-state index in [2.05, 4.69) is 21.0 Å². The fourth-order valence-corrected chi connectivity index (χ4v) is 4.38. The minimum absolute atomic E-state index is 0.0460. The molecule has 0 spiro atoms. The SMILES string of the molecule is Cc1cc(-c2cnc(N)nc2)cc(C2CCN(C(=O)c3cccc4cccnc34)CC2)n1. The second kappa shape index (κ2) is 8.34. The van der Waals surface area contributed by atoms with Gasteiger partial charge >= 0.3 is 0 Å². The number of para-hydroxylation sites is 1. The lowest BCUT2D eigenvalue weighted by Crippen LogP contribution is -2.38. The predicted molar refractivity (Wildman–Crippen MR) is 124 cm³/mol. The van der Waals surface area contributed by atoms with Crippen LogP contribution in [-0.2, 0) is 0 Å². The van der Waals surface area contributed by atoms with Crippen LogP contribution in [0.5, 0.6) is 0 Å². The summed E-state index contributed by atoms with van der Waals surface area (Å²) in [6, 6.07) is 13.8. The number of hydrogen-bond donors (Lipinski definition) is 1. The van der Waals surface area contributed by atoms with E-state index in [4.69, 9.17) is 10.7 Å². The lowest BCUT2D eigenvalue weighted by Gasteiger charge is -2.32. The van der Waals surface area contributed by atoms with Gasteiger partial charge in [-0.1, -0.05) is 18.2 Å². The van der Waals surface area contributed by atoms with Crippen molar-refractivity contribution in [3.8, 4) is 11.1 Å². The number of carbonyl (C=O) groups excluding carboxylic acids is 1. The topological polar surface area (TPSA) is 97.9 Å². The molecule has 1 fully saturated rings. The lowest BCUT2D eigenvalue weighted by atomic mass is 9.91. The molecule has 0 atom stereocenters. The van der Waals surface area contributed by atoms with Crippen molar-refractivity contribution in [2.24, 2.45) is 0 Å². The van der Waals surface area contributed by atoms with Gasteiger partial charge < -0.3 is 10.6 Å². The number of rotatable bonds is 3.